The van der Waals surface area contributed by atoms with Gasteiger partial charge in [0.25, 0.3) is 0 Å². The minimum atomic E-state index is 0.432. The summed E-state index contributed by atoms with van der Waals surface area (Å²) in [6, 6.07) is 7.36. The van der Waals surface area contributed by atoms with E-state index in [2.05, 4.69) is 59.8 Å². The Bertz CT molecular complexity index is 370. The lowest BCUT2D eigenvalue weighted by molar-refractivity contribution is 0.0756. The maximum Gasteiger partial charge on any atom is 0.0668 e. The van der Waals surface area contributed by atoms with Crippen molar-refractivity contribution in [2.75, 3.05) is 18.1 Å². The summed E-state index contributed by atoms with van der Waals surface area (Å²) in [5.74, 6) is 0. The molecule has 2 rings (SSSR count). The van der Waals surface area contributed by atoms with Crippen LogP contribution in [0.5, 0.6) is 0 Å². The Morgan fingerprint density at radius 1 is 1.25 bits per heavy atom. The summed E-state index contributed by atoms with van der Waals surface area (Å²) < 4.78 is 6.72. The maximum atomic E-state index is 5.56. The van der Waals surface area contributed by atoms with Crippen molar-refractivity contribution in [3.05, 3.63) is 28.2 Å². The molecular weight excluding hydrogens is 266 g/mol. The number of ether oxygens (including phenoxy) is 1. The van der Waals surface area contributed by atoms with E-state index in [0.29, 0.717) is 12.1 Å². The smallest absolute Gasteiger partial charge is 0.0668 e. The second-order valence-corrected chi connectivity index (χ2v) is 5.45. The largest absolute Gasteiger partial charge is 0.377 e. The molecule has 0 saturated carbocycles. The Kier molecular flexibility index (Phi) is 3.55. The first-order valence-electron chi connectivity index (χ1n) is 5.72. The van der Waals surface area contributed by atoms with E-state index in [1.54, 1.807) is 0 Å². The van der Waals surface area contributed by atoms with Crippen LogP contribution in [-0.4, -0.2) is 25.3 Å². The Hall–Kier alpha value is -0.540. The van der Waals surface area contributed by atoms with Crippen LogP contribution >= 0.6 is 15.9 Å². The summed E-state index contributed by atoms with van der Waals surface area (Å²) in [5.41, 5.74) is 2.58. The van der Waals surface area contributed by atoms with E-state index in [9.17, 15) is 0 Å². The lowest BCUT2D eigenvalue weighted by atomic mass is 10.1. The van der Waals surface area contributed by atoms with Crippen LogP contribution in [0.3, 0.4) is 0 Å². The number of rotatable bonds is 1. The Balaban J connectivity index is 2.37. The first-order valence-corrected chi connectivity index (χ1v) is 6.51. The van der Waals surface area contributed by atoms with E-state index in [0.717, 1.165) is 13.2 Å². The van der Waals surface area contributed by atoms with Gasteiger partial charge in [0, 0.05) is 16.6 Å². The van der Waals surface area contributed by atoms with Gasteiger partial charge in [0.1, 0.15) is 0 Å². The summed E-state index contributed by atoms with van der Waals surface area (Å²) in [4.78, 5) is 2.45. The lowest BCUT2D eigenvalue weighted by Crippen LogP contribution is -2.49. The highest BCUT2D eigenvalue weighted by atomic mass is 79.9. The van der Waals surface area contributed by atoms with E-state index in [1.807, 2.05) is 0 Å². The molecule has 3 heteroatoms. The van der Waals surface area contributed by atoms with Crippen LogP contribution in [0.4, 0.5) is 5.69 Å². The van der Waals surface area contributed by atoms with Crippen LogP contribution < -0.4 is 4.90 Å². The molecule has 2 atom stereocenters. The molecule has 1 aliphatic rings. The molecule has 2 nitrogen and oxygen atoms in total. The number of hydrogen-bond acceptors (Lipinski definition) is 2. The predicted molar refractivity (Wildman–Crippen MR) is 71.1 cm³/mol. The number of halogens is 1. The highest BCUT2D eigenvalue weighted by molar-refractivity contribution is 9.10. The van der Waals surface area contributed by atoms with Crippen molar-refractivity contribution in [2.24, 2.45) is 0 Å². The van der Waals surface area contributed by atoms with Gasteiger partial charge in [0.15, 0.2) is 0 Å². The molecule has 1 heterocycles. The van der Waals surface area contributed by atoms with E-state index in [4.69, 9.17) is 4.74 Å². The molecule has 1 aromatic carbocycles. The van der Waals surface area contributed by atoms with Crippen molar-refractivity contribution >= 4 is 21.6 Å². The van der Waals surface area contributed by atoms with Crippen molar-refractivity contribution in [1.29, 1.82) is 0 Å². The number of benzene rings is 1. The van der Waals surface area contributed by atoms with Crippen molar-refractivity contribution in [2.45, 2.75) is 32.9 Å². The van der Waals surface area contributed by atoms with Gasteiger partial charge in [-0.3, -0.25) is 0 Å². The summed E-state index contributed by atoms with van der Waals surface area (Å²) in [7, 11) is 0. The highest BCUT2D eigenvalue weighted by Crippen LogP contribution is 2.31. The average Bonchev–Trinajstić information content (AvgIpc) is 2.23. The van der Waals surface area contributed by atoms with Crippen LogP contribution in [-0.2, 0) is 4.74 Å². The van der Waals surface area contributed by atoms with Gasteiger partial charge in [-0.1, -0.05) is 6.07 Å². The molecule has 2 unspecified atom stereocenters. The topological polar surface area (TPSA) is 12.5 Å². The lowest BCUT2D eigenvalue weighted by Gasteiger charge is -2.41. The molecule has 0 N–H and O–H groups in total. The first-order chi connectivity index (χ1) is 7.59. The number of aryl methyl sites for hydroxylation is 1. The molecule has 1 fully saturated rings. The molecule has 0 bridgehead atoms. The highest BCUT2D eigenvalue weighted by Gasteiger charge is 2.26. The molecule has 0 radical (unpaired) electrons. The fourth-order valence-electron chi connectivity index (χ4n) is 2.30. The van der Waals surface area contributed by atoms with E-state index >= 15 is 0 Å². The minimum absolute atomic E-state index is 0.432. The molecule has 1 aliphatic heterocycles. The van der Waals surface area contributed by atoms with Crippen LogP contribution in [0.2, 0.25) is 0 Å². The van der Waals surface area contributed by atoms with Gasteiger partial charge in [-0.05, 0) is 54.4 Å². The van der Waals surface area contributed by atoms with Crippen molar-refractivity contribution in [3.63, 3.8) is 0 Å². The van der Waals surface area contributed by atoms with E-state index < -0.39 is 0 Å². The third-order valence-corrected chi connectivity index (χ3v) is 3.72. The molecule has 1 saturated heterocycles. The maximum absolute atomic E-state index is 5.56. The Labute approximate surface area is 106 Å². The first kappa shape index (κ1) is 11.9. The number of anilines is 1. The minimum Gasteiger partial charge on any atom is -0.377 e. The van der Waals surface area contributed by atoms with Gasteiger partial charge in [0.05, 0.1) is 18.9 Å². The molecule has 88 valence electrons. The van der Waals surface area contributed by atoms with Gasteiger partial charge in [0.2, 0.25) is 0 Å². The van der Waals surface area contributed by atoms with Crippen LogP contribution in [0, 0.1) is 6.92 Å². The SMILES string of the molecule is Cc1ccc(Br)c(N2C(C)COCC2C)c1. The molecular formula is C13H18BrNO. The monoisotopic (exact) mass is 283 g/mol. The second kappa shape index (κ2) is 4.76. The zero-order chi connectivity index (χ0) is 11.7. The molecule has 0 spiro atoms. The van der Waals surface area contributed by atoms with Gasteiger partial charge in [-0.15, -0.1) is 0 Å². The Morgan fingerprint density at radius 2 is 1.88 bits per heavy atom. The van der Waals surface area contributed by atoms with E-state index in [1.165, 1.54) is 15.7 Å². The summed E-state index contributed by atoms with van der Waals surface area (Å²) in [6.07, 6.45) is 0. The predicted octanol–water partition coefficient (Wildman–Crippen LogP) is 3.37. The summed E-state index contributed by atoms with van der Waals surface area (Å²) in [6.45, 7) is 8.18. The third-order valence-electron chi connectivity index (χ3n) is 3.05. The van der Waals surface area contributed by atoms with E-state index in [-0.39, 0.29) is 0 Å². The van der Waals surface area contributed by atoms with Crippen molar-refractivity contribution in [3.8, 4) is 0 Å². The number of nitrogens with zero attached hydrogens (tertiary/aromatic N) is 1. The van der Waals surface area contributed by atoms with Crippen molar-refractivity contribution < 1.29 is 4.74 Å². The molecule has 0 aliphatic carbocycles. The fraction of sp³-hybridized carbons (Fsp3) is 0.538. The van der Waals surface area contributed by atoms with Gasteiger partial charge >= 0.3 is 0 Å². The third kappa shape index (κ3) is 2.25. The average molecular weight is 284 g/mol. The second-order valence-electron chi connectivity index (χ2n) is 4.60. The summed E-state index contributed by atoms with van der Waals surface area (Å²) >= 11 is 3.64. The molecule has 0 amide bonds. The van der Waals surface area contributed by atoms with Crippen molar-refractivity contribution in [1.82, 2.24) is 0 Å². The van der Waals surface area contributed by atoms with Gasteiger partial charge in [-0.25, -0.2) is 0 Å². The fourth-order valence-corrected chi connectivity index (χ4v) is 2.75. The summed E-state index contributed by atoms with van der Waals surface area (Å²) in [5, 5.41) is 0. The van der Waals surface area contributed by atoms with Crippen LogP contribution in [0.15, 0.2) is 22.7 Å². The molecule has 0 aromatic heterocycles. The quantitative estimate of drug-likeness (QED) is 0.784. The zero-order valence-corrected chi connectivity index (χ0v) is 11.6. The van der Waals surface area contributed by atoms with Crippen LogP contribution in [0.25, 0.3) is 0 Å². The van der Waals surface area contributed by atoms with Gasteiger partial charge in [-0.2, -0.15) is 0 Å². The zero-order valence-electron chi connectivity index (χ0n) is 10.0. The number of hydrogen-bond donors (Lipinski definition) is 0. The molecule has 16 heavy (non-hydrogen) atoms. The molecule has 1 aromatic rings. The standard InChI is InChI=1S/C13H18BrNO/c1-9-4-5-12(14)13(6-9)15-10(2)7-16-8-11(15)3/h4-6,10-11H,7-8H2,1-3H3. The Morgan fingerprint density at radius 3 is 2.50 bits per heavy atom. The van der Waals surface area contributed by atoms with Gasteiger partial charge < -0.3 is 9.64 Å². The van der Waals surface area contributed by atoms with Crippen LogP contribution in [0.1, 0.15) is 19.4 Å². The number of morpholine rings is 1. The normalized spacial score (nSPS) is 25.9.